The highest BCUT2D eigenvalue weighted by Gasteiger charge is 2.16. The van der Waals surface area contributed by atoms with Crippen LogP contribution in [0.5, 0.6) is 5.75 Å². The lowest BCUT2D eigenvalue weighted by Gasteiger charge is -2.21. The molecule has 0 saturated heterocycles. The van der Waals surface area contributed by atoms with Crippen molar-refractivity contribution in [3.63, 3.8) is 0 Å². The quantitative estimate of drug-likeness (QED) is 0.879. The summed E-state index contributed by atoms with van der Waals surface area (Å²) >= 11 is 11.6. The number of ether oxygens (including phenoxy) is 1. The molecule has 0 heterocycles. The molecule has 0 spiro atoms. The maximum atomic E-state index is 13.4. The van der Waals surface area contributed by atoms with E-state index in [-0.39, 0.29) is 17.2 Å². The van der Waals surface area contributed by atoms with E-state index in [0.717, 1.165) is 5.56 Å². The zero-order valence-corrected chi connectivity index (χ0v) is 13.0. The molecule has 2 aromatic carbocycles. The fourth-order valence-corrected chi connectivity index (χ4v) is 2.24. The van der Waals surface area contributed by atoms with Gasteiger partial charge in [0.05, 0.1) is 5.02 Å². The molecule has 21 heavy (non-hydrogen) atoms. The molecule has 0 bridgehead atoms. The van der Waals surface area contributed by atoms with Gasteiger partial charge in [0.2, 0.25) is 0 Å². The first kappa shape index (κ1) is 16.1. The number of halogens is 3. The van der Waals surface area contributed by atoms with Crippen LogP contribution in [0.25, 0.3) is 0 Å². The van der Waals surface area contributed by atoms with Gasteiger partial charge in [0, 0.05) is 11.1 Å². The summed E-state index contributed by atoms with van der Waals surface area (Å²) in [6.07, 6.45) is 0.262. The van der Waals surface area contributed by atoms with E-state index in [1.807, 2.05) is 19.1 Å². The van der Waals surface area contributed by atoms with Crippen molar-refractivity contribution >= 4 is 23.2 Å². The summed E-state index contributed by atoms with van der Waals surface area (Å²) in [5, 5.41) is 0.712. The van der Waals surface area contributed by atoms with Crippen molar-refractivity contribution in [1.29, 1.82) is 0 Å². The van der Waals surface area contributed by atoms with Crippen molar-refractivity contribution in [2.75, 3.05) is 0 Å². The monoisotopic (exact) mass is 327 g/mol. The molecule has 0 saturated carbocycles. The Morgan fingerprint density at radius 3 is 2.62 bits per heavy atom. The first-order chi connectivity index (χ1) is 9.95. The second-order valence-corrected chi connectivity index (χ2v) is 5.74. The smallest absolute Gasteiger partial charge is 0.142 e. The highest BCUT2D eigenvalue weighted by atomic mass is 35.5. The van der Waals surface area contributed by atoms with Crippen LogP contribution in [0.15, 0.2) is 42.5 Å². The molecule has 0 amide bonds. The van der Waals surface area contributed by atoms with Gasteiger partial charge in [0.1, 0.15) is 17.7 Å². The summed E-state index contributed by atoms with van der Waals surface area (Å²) in [5.41, 5.74) is 6.89. The van der Waals surface area contributed by atoms with Gasteiger partial charge < -0.3 is 10.5 Å². The Morgan fingerprint density at radius 2 is 1.95 bits per heavy atom. The molecule has 0 radical (unpaired) electrons. The van der Waals surface area contributed by atoms with E-state index in [4.69, 9.17) is 33.7 Å². The second-order valence-electron chi connectivity index (χ2n) is 4.90. The largest absolute Gasteiger partial charge is 0.489 e. The van der Waals surface area contributed by atoms with Gasteiger partial charge in [-0.3, -0.25) is 0 Å². The minimum Gasteiger partial charge on any atom is -0.489 e. The third-order valence-electron chi connectivity index (χ3n) is 3.18. The zero-order valence-electron chi connectivity index (χ0n) is 11.5. The van der Waals surface area contributed by atoms with Crippen LogP contribution in [0.2, 0.25) is 10.0 Å². The van der Waals surface area contributed by atoms with Crippen LogP contribution in [-0.2, 0) is 6.42 Å². The van der Waals surface area contributed by atoms with Crippen LogP contribution < -0.4 is 10.5 Å². The first-order valence-corrected chi connectivity index (χ1v) is 7.33. The zero-order chi connectivity index (χ0) is 15.4. The molecule has 112 valence electrons. The van der Waals surface area contributed by atoms with Crippen molar-refractivity contribution in [1.82, 2.24) is 0 Å². The van der Waals surface area contributed by atoms with Crippen LogP contribution in [0.4, 0.5) is 4.39 Å². The third-order valence-corrected chi connectivity index (χ3v) is 3.72. The molecular formula is C16H16Cl2FNO. The highest BCUT2D eigenvalue weighted by Crippen LogP contribution is 2.20. The molecule has 2 aromatic rings. The number of hydrogen-bond donors (Lipinski definition) is 1. The van der Waals surface area contributed by atoms with Gasteiger partial charge in [-0.2, -0.15) is 0 Å². The lowest BCUT2D eigenvalue weighted by Crippen LogP contribution is -2.38. The lowest BCUT2D eigenvalue weighted by molar-refractivity contribution is 0.189. The topological polar surface area (TPSA) is 35.2 Å². The van der Waals surface area contributed by atoms with Crippen LogP contribution in [0, 0.1) is 5.82 Å². The van der Waals surface area contributed by atoms with E-state index in [1.165, 1.54) is 12.1 Å². The number of nitrogens with two attached hydrogens (primary N) is 1. The fourth-order valence-electron chi connectivity index (χ4n) is 1.95. The Bertz CT molecular complexity index is 621. The van der Waals surface area contributed by atoms with Crippen molar-refractivity contribution < 1.29 is 9.13 Å². The van der Waals surface area contributed by atoms with Gasteiger partial charge in [-0.15, -0.1) is 0 Å². The van der Waals surface area contributed by atoms with Gasteiger partial charge >= 0.3 is 0 Å². The molecule has 2 nitrogen and oxygen atoms in total. The number of hydrogen-bond acceptors (Lipinski definition) is 2. The first-order valence-electron chi connectivity index (χ1n) is 6.57. The minimum absolute atomic E-state index is 0.107. The normalized spacial score (nSPS) is 13.8. The molecule has 0 aliphatic carbocycles. The summed E-state index contributed by atoms with van der Waals surface area (Å²) in [6.45, 7) is 1.87. The van der Waals surface area contributed by atoms with E-state index < -0.39 is 5.82 Å². The Labute approximate surface area is 133 Å². The van der Waals surface area contributed by atoms with Gasteiger partial charge in [-0.1, -0.05) is 35.3 Å². The average Bonchev–Trinajstić information content (AvgIpc) is 2.43. The van der Waals surface area contributed by atoms with Crippen LogP contribution in [0.1, 0.15) is 12.5 Å². The van der Waals surface area contributed by atoms with Crippen molar-refractivity contribution in [2.24, 2.45) is 5.73 Å². The predicted molar refractivity (Wildman–Crippen MR) is 84.6 cm³/mol. The molecule has 0 aliphatic rings. The Kier molecular flexibility index (Phi) is 5.45. The van der Waals surface area contributed by atoms with E-state index in [9.17, 15) is 4.39 Å². The summed E-state index contributed by atoms with van der Waals surface area (Å²) in [7, 11) is 0. The number of rotatable bonds is 5. The molecule has 2 N–H and O–H groups in total. The van der Waals surface area contributed by atoms with Crippen molar-refractivity contribution in [3.8, 4) is 5.75 Å². The molecule has 0 aromatic heterocycles. The van der Waals surface area contributed by atoms with Crippen LogP contribution >= 0.6 is 23.2 Å². The molecule has 0 fully saturated rings. The van der Waals surface area contributed by atoms with Crippen LogP contribution in [0.3, 0.4) is 0 Å². The third kappa shape index (κ3) is 4.60. The predicted octanol–water partition coefficient (Wildman–Crippen LogP) is 4.47. The maximum absolute atomic E-state index is 13.4. The summed E-state index contributed by atoms with van der Waals surface area (Å²) < 4.78 is 19.2. The van der Waals surface area contributed by atoms with Crippen molar-refractivity contribution in [2.45, 2.75) is 25.5 Å². The lowest BCUT2D eigenvalue weighted by atomic mass is 10.0. The highest BCUT2D eigenvalue weighted by molar-refractivity contribution is 6.31. The molecule has 5 heteroatoms. The van der Waals surface area contributed by atoms with Gasteiger partial charge in [-0.05, 0) is 49.2 Å². The Balaban J connectivity index is 1.98. The van der Waals surface area contributed by atoms with E-state index in [2.05, 4.69) is 0 Å². The van der Waals surface area contributed by atoms with E-state index in [0.29, 0.717) is 17.2 Å². The van der Waals surface area contributed by atoms with Crippen LogP contribution in [-0.4, -0.2) is 12.1 Å². The van der Waals surface area contributed by atoms with Gasteiger partial charge in [0.15, 0.2) is 0 Å². The summed E-state index contributed by atoms with van der Waals surface area (Å²) in [6, 6.07) is 11.5. The van der Waals surface area contributed by atoms with Gasteiger partial charge in [-0.25, -0.2) is 4.39 Å². The molecule has 0 aliphatic heterocycles. The molecule has 2 rings (SSSR count). The SMILES string of the molecule is CC(Oc1cccc(Cl)c1)C(N)Cc1ccc(Cl)c(F)c1. The summed E-state index contributed by atoms with van der Waals surface area (Å²) in [5.74, 6) is 0.220. The van der Waals surface area contributed by atoms with E-state index >= 15 is 0 Å². The fraction of sp³-hybridized carbons (Fsp3) is 0.250. The molecule has 2 atom stereocenters. The molecular weight excluding hydrogens is 312 g/mol. The number of benzene rings is 2. The Morgan fingerprint density at radius 1 is 1.19 bits per heavy atom. The van der Waals surface area contributed by atoms with Crippen molar-refractivity contribution in [3.05, 3.63) is 63.9 Å². The van der Waals surface area contributed by atoms with E-state index in [1.54, 1.807) is 18.2 Å². The molecule has 2 unspecified atom stereocenters. The Hall–Kier alpha value is -1.29. The average molecular weight is 328 g/mol. The summed E-state index contributed by atoms with van der Waals surface area (Å²) in [4.78, 5) is 0. The standard InChI is InChI=1S/C16H16Cl2FNO/c1-10(21-13-4-2-3-12(17)9-13)16(20)8-11-5-6-14(18)15(19)7-11/h2-7,9-10,16H,8,20H2,1H3. The second kappa shape index (κ2) is 7.12. The maximum Gasteiger partial charge on any atom is 0.142 e. The van der Waals surface area contributed by atoms with Gasteiger partial charge in [0.25, 0.3) is 0 Å². The minimum atomic E-state index is -0.440.